The van der Waals surface area contributed by atoms with Crippen LogP contribution in [0.3, 0.4) is 0 Å². The molecular weight excluding hydrogens is 232 g/mol. The normalized spacial score (nSPS) is 16.1. The summed E-state index contributed by atoms with van der Waals surface area (Å²) in [6.45, 7) is 5.04. The molecule has 0 aliphatic carbocycles. The first-order valence-corrected chi connectivity index (χ1v) is 6.39. The van der Waals surface area contributed by atoms with Crippen LogP contribution in [0.15, 0.2) is 16.7 Å². The summed E-state index contributed by atoms with van der Waals surface area (Å²) in [5, 5.41) is 3.32. The van der Waals surface area contributed by atoms with Crippen LogP contribution < -0.4 is 5.32 Å². The van der Waals surface area contributed by atoms with E-state index >= 15 is 0 Å². The molecule has 1 N–H and O–H groups in total. The molecule has 1 aromatic heterocycles. The summed E-state index contributed by atoms with van der Waals surface area (Å²) in [4.78, 5) is 13.8. The first-order valence-electron chi connectivity index (χ1n) is 6.39. The topological polar surface area (TPSA) is 54.7 Å². The van der Waals surface area contributed by atoms with Crippen molar-refractivity contribution in [1.29, 1.82) is 0 Å². The molecule has 1 fully saturated rings. The van der Waals surface area contributed by atoms with Crippen LogP contribution in [-0.4, -0.2) is 44.2 Å². The molecule has 0 spiro atoms. The number of nitrogens with zero attached hydrogens (tertiary/aromatic N) is 1. The van der Waals surface area contributed by atoms with Gasteiger partial charge < -0.3 is 19.4 Å². The quantitative estimate of drug-likeness (QED) is 0.610. The molecule has 1 aliphatic heterocycles. The lowest BCUT2D eigenvalue weighted by Crippen LogP contribution is -2.29. The Balaban J connectivity index is 1.72. The minimum absolute atomic E-state index is 0.297. The summed E-state index contributed by atoms with van der Waals surface area (Å²) >= 11 is 0. The van der Waals surface area contributed by atoms with E-state index in [2.05, 4.69) is 15.0 Å². The van der Waals surface area contributed by atoms with Crippen LogP contribution in [0.5, 0.6) is 0 Å². The van der Waals surface area contributed by atoms with Gasteiger partial charge >= 0.3 is 5.97 Å². The number of rotatable bonds is 6. The molecule has 18 heavy (non-hydrogen) atoms. The lowest BCUT2D eigenvalue weighted by molar-refractivity contribution is 0.0563. The molecule has 1 aromatic rings. The number of methoxy groups -OCH3 is 1. The number of furan rings is 1. The van der Waals surface area contributed by atoms with Gasteiger partial charge in [-0.2, -0.15) is 0 Å². The number of nitrogens with one attached hydrogen (secondary N) is 1. The molecule has 0 saturated carbocycles. The van der Waals surface area contributed by atoms with E-state index in [-0.39, 0.29) is 0 Å². The summed E-state index contributed by atoms with van der Waals surface area (Å²) in [5.41, 5.74) is 0.850. The maximum atomic E-state index is 11.4. The Labute approximate surface area is 107 Å². The summed E-state index contributed by atoms with van der Waals surface area (Å²) < 4.78 is 9.78. The Bertz CT molecular complexity index is 383. The third-order valence-electron chi connectivity index (χ3n) is 3.24. The first kappa shape index (κ1) is 13.1. The van der Waals surface area contributed by atoms with Crippen molar-refractivity contribution < 1.29 is 13.9 Å². The molecule has 0 amide bonds. The summed E-state index contributed by atoms with van der Waals surface area (Å²) in [6.07, 6.45) is 4.15. The lowest BCUT2D eigenvalue weighted by Gasteiger charge is -2.14. The molecule has 0 radical (unpaired) electrons. The lowest BCUT2D eigenvalue weighted by atomic mass is 10.2. The van der Waals surface area contributed by atoms with E-state index in [1.807, 2.05) is 0 Å². The zero-order valence-corrected chi connectivity index (χ0v) is 10.8. The number of carbonyl (C=O) groups is 1. The summed E-state index contributed by atoms with van der Waals surface area (Å²) in [6, 6.07) is 1.80. The van der Waals surface area contributed by atoms with Crippen molar-refractivity contribution in [2.75, 3.05) is 33.3 Å². The van der Waals surface area contributed by atoms with E-state index < -0.39 is 5.97 Å². The van der Waals surface area contributed by atoms with Gasteiger partial charge in [0.1, 0.15) is 0 Å². The van der Waals surface area contributed by atoms with Gasteiger partial charge in [-0.05, 0) is 32.0 Å². The molecule has 0 aromatic carbocycles. The van der Waals surface area contributed by atoms with Crippen LogP contribution in [0.25, 0.3) is 0 Å². The molecule has 2 rings (SSSR count). The van der Waals surface area contributed by atoms with Gasteiger partial charge in [-0.3, -0.25) is 0 Å². The average molecular weight is 252 g/mol. The molecule has 100 valence electrons. The van der Waals surface area contributed by atoms with E-state index in [1.54, 1.807) is 6.07 Å². The van der Waals surface area contributed by atoms with Gasteiger partial charge in [0.25, 0.3) is 0 Å². The van der Waals surface area contributed by atoms with Crippen LogP contribution in [-0.2, 0) is 11.3 Å². The first-order chi connectivity index (χ1) is 8.81. The highest BCUT2D eigenvalue weighted by Crippen LogP contribution is 2.11. The van der Waals surface area contributed by atoms with Gasteiger partial charge in [0.15, 0.2) is 0 Å². The van der Waals surface area contributed by atoms with Crippen LogP contribution in [0.1, 0.15) is 29.0 Å². The Morgan fingerprint density at radius 3 is 3.00 bits per heavy atom. The number of hydrogen-bond acceptors (Lipinski definition) is 5. The van der Waals surface area contributed by atoms with E-state index in [4.69, 9.17) is 4.42 Å². The number of hydrogen-bond donors (Lipinski definition) is 1. The molecular formula is C13H20N2O3. The second-order valence-corrected chi connectivity index (χ2v) is 4.49. The summed E-state index contributed by atoms with van der Waals surface area (Å²) in [5.74, 6) is -0.123. The summed E-state index contributed by atoms with van der Waals surface area (Å²) in [7, 11) is 1.36. The zero-order valence-electron chi connectivity index (χ0n) is 10.8. The van der Waals surface area contributed by atoms with E-state index in [0.717, 1.165) is 18.7 Å². The molecule has 5 heteroatoms. The molecule has 0 unspecified atom stereocenters. The molecule has 0 bridgehead atoms. The highest BCUT2D eigenvalue weighted by Gasteiger charge is 2.15. The molecule has 5 nitrogen and oxygen atoms in total. The maximum Gasteiger partial charge on any atom is 0.374 e. The van der Waals surface area contributed by atoms with E-state index in [1.165, 1.54) is 39.3 Å². The highest BCUT2D eigenvalue weighted by molar-refractivity contribution is 5.87. The van der Waals surface area contributed by atoms with Crippen LogP contribution in [0.4, 0.5) is 0 Å². The standard InChI is InChI=1S/C13H20N2O3/c1-17-13(16)12-11(4-9-18-12)10-14-5-8-15-6-2-3-7-15/h4,9,14H,2-3,5-8,10H2,1H3. The number of ether oxygens (including phenoxy) is 1. The average Bonchev–Trinajstić information content (AvgIpc) is 3.04. The Morgan fingerprint density at radius 2 is 2.28 bits per heavy atom. The largest absolute Gasteiger partial charge is 0.463 e. The van der Waals surface area contributed by atoms with Gasteiger partial charge in [-0.25, -0.2) is 4.79 Å². The molecule has 0 atom stereocenters. The SMILES string of the molecule is COC(=O)c1occc1CNCCN1CCCC1. The van der Waals surface area contributed by atoms with Gasteiger partial charge in [0.2, 0.25) is 5.76 Å². The van der Waals surface area contributed by atoms with Crippen molar-refractivity contribution in [1.82, 2.24) is 10.2 Å². The maximum absolute atomic E-state index is 11.4. The van der Waals surface area contributed by atoms with Crippen molar-refractivity contribution >= 4 is 5.97 Å². The number of likely N-dealkylation sites (tertiary alicyclic amines) is 1. The fourth-order valence-electron chi connectivity index (χ4n) is 2.21. The Kier molecular flexibility index (Phi) is 4.78. The molecule has 1 aliphatic rings. The van der Waals surface area contributed by atoms with Crippen LogP contribution in [0.2, 0.25) is 0 Å². The van der Waals surface area contributed by atoms with Crippen LogP contribution >= 0.6 is 0 Å². The van der Waals surface area contributed by atoms with Gasteiger partial charge in [-0.15, -0.1) is 0 Å². The van der Waals surface area contributed by atoms with Gasteiger partial charge in [0.05, 0.1) is 13.4 Å². The predicted molar refractivity (Wildman–Crippen MR) is 67.4 cm³/mol. The van der Waals surface area contributed by atoms with Crippen molar-refractivity contribution in [3.8, 4) is 0 Å². The highest BCUT2D eigenvalue weighted by atomic mass is 16.5. The third kappa shape index (κ3) is 3.34. The fourth-order valence-corrected chi connectivity index (χ4v) is 2.21. The number of carbonyl (C=O) groups excluding carboxylic acids is 1. The predicted octanol–water partition coefficient (Wildman–Crippen LogP) is 1.25. The van der Waals surface area contributed by atoms with Crippen molar-refractivity contribution in [2.24, 2.45) is 0 Å². The van der Waals surface area contributed by atoms with Crippen molar-refractivity contribution in [3.63, 3.8) is 0 Å². The second kappa shape index (κ2) is 6.56. The van der Waals surface area contributed by atoms with Crippen molar-refractivity contribution in [2.45, 2.75) is 19.4 Å². The Hall–Kier alpha value is -1.33. The van der Waals surface area contributed by atoms with E-state index in [0.29, 0.717) is 12.3 Å². The van der Waals surface area contributed by atoms with E-state index in [9.17, 15) is 4.79 Å². The third-order valence-corrected chi connectivity index (χ3v) is 3.24. The van der Waals surface area contributed by atoms with Gasteiger partial charge in [-0.1, -0.05) is 0 Å². The Morgan fingerprint density at radius 1 is 1.50 bits per heavy atom. The van der Waals surface area contributed by atoms with Crippen LogP contribution in [0, 0.1) is 0 Å². The monoisotopic (exact) mass is 252 g/mol. The van der Waals surface area contributed by atoms with Gasteiger partial charge in [0, 0.05) is 25.2 Å². The second-order valence-electron chi connectivity index (χ2n) is 4.49. The minimum atomic E-state index is -0.420. The number of esters is 1. The smallest absolute Gasteiger partial charge is 0.374 e. The zero-order chi connectivity index (χ0) is 12.8. The molecule has 1 saturated heterocycles. The fraction of sp³-hybridized carbons (Fsp3) is 0.615. The molecule has 2 heterocycles. The minimum Gasteiger partial charge on any atom is -0.463 e. The van der Waals surface area contributed by atoms with Crippen molar-refractivity contribution in [3.05, 3.63) is 23.7 Å².